The third-order valence-electron chi connectivity index (χ3n) is 5.26. The lowest BCUT2D eigenvalue weighted by atomic mass is 9.87. The van der Waals surface area contributed by atoms with Crippen LogP contribution in [0.25, 0.3) is 0 Å². The van der Waals surface area contributed by atoms with Gasteiger partial charge in [-0.3, -0.25) is 0 Å². The van der Waals surface area contributed by atoms with E-state index in [0.29, 0.717) is 6.61 Å². The quantitative estimate of drug-likeness (QED) is 0.561. The summed E-state index contributed by atoms with van der Waals surface area (Å²) < 4.78 is 19.2. The molecule has 4 nitrogen and oxygen atoms in total. The van der Waals surface area contributed by atoms with Crippen molar-refractivity contribution in [2.45, 2.75) is 64.4 Å². The van der Waals surface area contributed by atoms with E-state index in [2.05, 4.69) is 44.3 Å². The van der Waals surface area contributed by atoms with Crippen LogP contribution in [0.3, 0.4) is 0 Å². The van der Waals surface area contributed by atoms with Crippen molar-refractivity contribution in [2.75, 3.05) is 19.0 Å². The van der Waals surface area contributed by atoms with E-state index in [0.717, 1.165) is 35.6 Å². The van der Waals surface area contributed by atoms with Gasteiger partial charge in [0.1, 0.15) is 23.6 Å². The zero-order valence-electron chi connectivity index (χ0n) is 17.5. The predicted octanol–water partition coefficient (Wildman–Crippen LogP) is 5.73. The summed E-state index contributed by atoms with van der Waals surface area (Å²) in [6.45, 7) is 7.64. The Bertz CT molecular complexity index is 745. The molecular formula is C24H33NO3. The maximum atomic E-state index is 6.47. The van der Waals surface area contributed by atoms with Gasteiger partial charge in [0.2, 0.25) is 0 Å². The zero-order chi connectivity index (χ0) is 20.0. The largest absolute Gasteiger partial charge is 0.485 e. The minimum atomic E-state index is -0.471. The molecule has 1 heterocycles. The number of unbranched alkanes of at least 4 members (excludes halogenated alkanes) is 2. The van der Waals surface area contributed by atoms with Gasteiger partial charge in [0.25, 0.3) is 0 Å². The molecule has 0 radical (unpaired) electrons. The first kappa shape index (κ1) is 20.7. The van der Waals surface area contributed by atoms with Gasteiger partial charge >= 0.3 is 0 Å². The molecular weight excluding hydrogens is 350 g/mol. The number of anilines is 1. The van der Waals surface area contributed by atoms with Crippen molar-refractivity contribution in [3.8, 4) is 5.75 Å². The Morgan fingerprint density at radius 3 is 2.54 bits per heavy atom. The molecule has 0 spiro atoms. The molecule has 0 amide bonds. The first-order chi connectivity index (χ1) is 13.5. The van der Waals surface area contributed by atoms with Crippen molar-refractivity contribution < 1.29 is 14.2 Å². The third-order valence-corrected chi connectivity index (χ3v) is 5.26. The molecule has 1 N–H and O–H groups in total. The molecule has 2 unspecified atom stereocenters. The van der Waals surface area contributed by atoms with E-state index in [-0.39, 0.29) is 12.2 Å². The van der Waals surface area contributed by atoms with E-state index >= 15 is 0 Å². The number of fused-ring (bicyclic) bond motifs is 1. The molecule has 0 aromatic heterocycles. The zero-order valence-corrected chi connectivity index (χ0v) is 17.5. The van der Waals surface area contributed by atoms with E-state index in [1.54, 1.807) is 0 Å². The molecule has 0 saturated heterocycles. The molecule has 0 saturated carbocycles. The number of hydrogen-bond donors (Lipinski definition) is 1. The molecule has 3 rings (SSSR count). The monoisotopic (exact) mass is 383 g/mol. The molecule has 1 aliphatic heterocycles. The maximum absolute atomic E-state index is 6.47. The first-order valence-corrected chi connectivity index (χ1v) is 10.3. The van der Waals surface area contributed by atoms with Gasteiger partial charge in [0, 0.05) is 24.9 Å². The number of ether oxygens (including phenoxy) is 3. The van der Waals surface area contributed by atoms with Crippen molar-refractivity contribution in [3.63, 3.8) is 0 Å². The van der Waals surface area contributed by atoms with Crippen molar-refractivity contribution in [1.82, 2.24) is 0 Å². The minimum Gasteiger partial charge on any atom is -0.485 e. The highest BCUT2D eigenvalue weighted by molar-refractivity contribution is 5.53. The molecule has 28 heavy (non-hydrogen) atoms. The van der Waals surface area contributed by atoms with E-state index < -0.39 is 5.60 Å². The van der Waals surface area contributed by atoms with Crippen LogP contribution >= 0.6 is 0 Å². The molecule has 2 aromatic rings. The SMILES string of the molecule is CCCCCOC1C(OCc2ccccc2)c2cc(NC)ccc2OC1(C)C. The number of benzene rings is 2. The summed E-state index contributed by atoms with van der Waals surface area (Å²) in [5, 5.41) is 3.21. The summed E-state index contributed by atoms with van der Waals surface area (Å²) in [6.07, 6.45) is 3.04. The average molecular weight is 384 g/mol. The predicted molar refractivity (Wildman–Crippen MR) is 114 cm³/mol. The summed E-state index contributed by atoms with van der Waals surface area (Å²) in [5.74, 6) is 0.871. The number of rotatable bonds is 9. The Hall–Kier alpha value is -2.04. The van der Waals surface area contributed by atoms with Crippen molar-refractivity contribution in [2.24, 2.45) is 0 Å². The lowest BCUT2D eigenvalue weighted by Gasteiger charge is -2.44. The van der Waals surface area contributed by atoms with Crippen molar-refractivity contribution >= 4 is 5.69 Å². The second kappa shape index (κ2) is 9.44. The lowest BCUT2D eigenvalue weighted by Crippen LogP contribution is -2.51. The second-order valence-corrected chi connectivity index (χ2v) is 7.92. The Kier molecular flexibility index (Phi) is 6.97. The van der Waals surface area contributed by atoms with Crippen LogP contribution in [-0.2, 0) is 16.1 Å². The summed E-state index contributed by atoms with van der Waals surface area (Å²) in [5.41, 5.74) is 2.77. The summed E-state index contributed by atoms with van der Waals surface area (Å²) in [6, 6.07) is 16.5. The maximum Gasteiger partial charge on any atom is 0.132 e. The van der Waals surface area contributed by atoms with Crippen LogP contribution in [0.1, 0.15) is 57.3 Å². The molecule has 4 heteroatoms. The van der Waals surface area contributed by atoms with Crippen molar-refractivity contribution in [3.05, 3.63) is 59.7 Å². The highest BCUT2D eigenvalue weighted by atomic mass is 16.6. The van der Waals surface area contributed by atoms with E-state index in [1.807, 2.05) is 37.4 Å². The normalized spacial score (nSPS) is 20.3. The highest BCUT2D eigenvalue weighted by Gasteiger charge is 2.45. The van der Waals surface area contributed by atoms with Gasteiger partial charge in [-0.1, -0.05) is 50.1 Å². The van der Waals surface area contributed by atoms with Gasteiger partial charge in [-0.15, -0.1) is 0 Å². The summed E-state index contributed by atoms with van der Waals surface area (Å²) in [7, 11) is 1.92. The second-order valence-electron chi connectivity index (χ2n) is 7.92. The first-order valence-electron chi connectivity index (χ1n) is 10.3. The van der Waals surface area contributed by atoms with Gasteiger partial charge in [-0.2, -0.15) is 0 Å². The average Bonchev–Trinajstić information content (AvgIpc) is 2.70. The Morgan fingerprint density at radius 2 is 1.82 bits per heavy atom. The van der Waals surface area contributed by atoms with Gasteiger partial charge in [0.05, 0.1) is 6.61 Å². The van der Waals surface area contributed by atoms with Gasteiger partial charge in [-0.25, -0.2) is 0 Å². The fourth-order valence-electron chi connectivity index (χ4n) is 3.68. The highest BCUT2D eigenvalue weighted by Crippen LogP contribution is 2.44. The summed E-state index contributed by atoms with van der Waals surface area (Å²) >= 11 is 0. The molecule has 0 fully saturated rings. The van der Waals surface area contributed by atoms with E-state index in [4.69, 9.17) is 14.2 Å². The standard InChI is InChI=1S/C24H33NO3/c1-5-6-10-15-26-23-22(27-17-18-11-8-7-9-12-18)20-16-19(25-4)13-14-21(20)28-24(23,2)3/h7-9,11-14,16,22-23,25H,5-6,10,15,17H2,1-4H3. The Morgan fingerprint density at radius 1 is 1.04 bits per heavy atom. The number of hydrogen-bond acceptors (Lipinski definition) is 4. The van der Waals surface area contributed by atoms with E-state index in [1.165, 1.54) is 12.8 Å². The van der Waals surface area contributed by atoms with Gasteiger partial charge in [0.15, 0.2) is 0 Å². The molecule has 1 aliphatic rings. The van der Waals surface area contributed by atoms with Gasteiger partial charge in [-0.05, 0) is 44.0 Å². The fraction of sp³-hybridized carbons (Fsp3) is 0.500. The molecule has 0 bridgehead atoms. The number of nitrogens with one attached hydrogen (secondary N) is 1. The van der Waals surface area contributed by atoms with Crippen molar-refractivity contribution in [1.29, 1.82) is 0 Å². The molecule has 0 aliphatic carbocycles. The van der Waals surface area contributed by atoms with Crippen LogP contribution in [0.15, 0.2) is 48.5 Å². The minimum absolute atomic E-state index is 0.173. The van der Waals surface area contributed by atoms with Gasteiger partial charge < -0.3 is 19.5 Å². The van der Waals surface area contributed by atoms with Crippen LogP contribution in [0.5, 0.6) is 5.75 Å². The Labute approximate surface area is 169 Å². The molecule has 152 valence electrons. The van der Waals surface area contributed by atoms with Crippen LogP contribution in [0.4, 0.5) is 5.69 Å². The molecule has 2 atom stereocenters. The van der Waals surface area contributed by atoms with Crippen LogP contribution in [0, 0.1) is 0 Å². The smallest absolute Gasteiger partial charge is 0.132 e. The van der Waals surface area contributed by atoms with E-state index in [9.17, 15) is 0 Å². The Balaban J connectivity index is 1.87. The van der Waals surface area contributed by atoms with Crippen LogP contribution < -0.4 is 10.1 Å². The van der Waals surface area contributed by atoms with Crippen LogP contribution in [-0.4, -0.2) is 25.4 Å². The fourth-order valence-corrected chi connectivity index (χ4v) is 3.68. The summed E-state index contributed by atoms with van der Waals surface area (Å²) in [4.78, 5) is 0. The van der Waals surface area contributed by atoms with Crippen LogP contribution in [0.2, 0.25) is 0 Å². The third kappa shape index (κ3) is 4.86. The lowest BCUT2D eigenvalue weighted by molar-refractivity contribution is -0.166. The molecule has 2 aromatic carbocycles. The topological polar surface area (TPSA) is 39.7 Å².